The van der Waals surface area contributed by atoms with Crippen LogP contribution in [0.1, 0.15) is 0 Å². The largest absolute Gasteiger partial charge is 0.447 e. The van der Waals surface area contributed by atoms with E-state index in [1.807, 2.05) is 0 Å². The molecule has 0 atom stereocenters. The Kier molecular flexibility index (Phi) is 3.48. The number of benzene rings is 2. The molecule has 0 aliphatic carbocycles. The number of para-hydroxylation sites is 1. The summed E-state index contributed by atoms with van der Waals surface area (Å²) in [6, 6.07) is 11.7. The third-order valence-corrected chi connectivity index (χ3v) is 2.62. The summed E-state index contributed by atoms with van der Waals surface area (Å²) in [5.74, 6) is 0.867. The van der Waals surface area contributed by atoms with Gasteiger partial charge in [-0.05, 0) is 24.3 Å². The molecule has 0 heterocycles. The van der Waals surface area contributed by atoms with E-state index < -0.39 is 0 Å². The molecule has 0 amide bonds. The molecule has 0 saturated heterocycles. The summed E-state index contributed by atoms with van der Waals surface area (Å²) in [4.78, 5) is 3.12. The van der Waals surface area contributed by atoms with Crippen molar-refractivity contribution in [3.63, 3.8) is 0 Å². The number of hydrogen-bond donors (Lipinski definition) is 0. The average Bonchev–Trinajstić information content (AvgIpc) is 2.33. The van der Waals surface area contributed by atoms with E-state index in [2.05, 4.69) is 4.98 Å². The predicted molar refractivity (Wildman–Crippen MR) is 67.7 cm³/mol. The van der Waals surface area contributed by atoms with E-state index in [1.54, 1.807) is 42.5 Å². The van der Waals surface area contributed by atoms with Crippen LogP contribution in [0.3, 0.4) is 0 Å². The monoisotopic (exact) mass is 265 g/mol. The maximum atomic E-state index is 8.80. The number of ether oxygens (including phenoxy) is 1. The van der Waals surface area contributed by atoms with Gasteiger partial charge in [-0.25, -0.2) is 0 Å². The first-order valence-electron chi connectivity index (χ1n) is 4.78. The van der Waals surface area contributed by atoms with Crippen molar-refractivity contribution < 1.29 is 4.74 Å². The number of diazo groups is 1. The molecule has 5 heteroatoms. The van der Waals surface area contributed by atoms with Crippen molar-refractivity contribution in [1.82, 2.24) is 0 Å². The van der Waals surface area contributed by atoms with Crippen LogP contribution in [-0.4, -0.2) is 0 Å². The number of nitrogens with zero attached hydrogens (tertiary/aromatic N) is 2. The minimum Gasteiger partial charge on any atom is -0.447 e. The second-order valence-electron chi connectivity index (χ2n) is 3.24. The average molecular weight is 266 g/mol. The fourth-order valence-corrected chi connectivity index (χ4v) is 1.75. The lowest BCUT2D eigenvalue weighted by molar-refractivity contribution is 0.485. The summed E-state index contributed by atoms with van der Waals surface area (Å²) in [6.07, 6.45) is 0. The van der Waals surface area contributed by atoms with E-state index in [4.69, 9.17) is 33.3 Å². The molecule has 0 bridgehead atoms. The first-order valence-corrected chi connectivity index (χ1v) is 5.53. The van der Waals surface area contributed by atoms with Crippen LogP contribution in [0.2, 0.25) is 10.0 Å². The topological polar surface area (TPSA) is 37.4 Å². The summed E-state index contributed by atoms with van der Waals surface area (Å²) >= 11 is 11.8. The minimum atomic E-state index is 0.332. The number of halogens is 2. The van der Waals surface area contributed by atoms with Gasteiger partial charge in [-0.2, -0.15) is 0 Å². The van der Waals surface area contributed by atoms with Gasteiger partial charge in [0, 0.05) is 11.1 Å². The van der Waals surface area contributed by atoms with Gasteiger partial charge in [0.05, 0.1) is 5.02 Å². The van der Waals surface area contributed by atoms with Crippen molar-refractivity contribution >= 4 is 28.9 Å². The van der Waals surface area contributed by atoms with Crippen LogP contribution in [0.25, 0.3) is 4.98 Å². The zero-order valence-electron chi connectivity index (χ0n) is 8.60. The second kappa shape index (κ2) is 5.05. The van der Waals surface area contributed by atoms with E-state index in [0.29, 0.717) is 27.2 Å². The molecule has 0 aliphatic rings. The van der Waals surface area contributed by atoms with Gasteiger partial charge in [-0.1, -0.05) is 35.3 Å². The van der Waals surface area contributed by atoms with Crippen molar-refractivity contribution in [3.8, 4) is 11.5 Å². The lowest BCUT2D eigenvalue weighted by Crippen LogP contribution is -1.85. The summed E-state index contributed by atoms with van der Waals surface area (Å²) in [5, 5.41) is 9.72. The van der Waals surface area contributed by atoms with Crippen LogP contribution in [-0.2, 0) is 0 Å². The van der Waals surface area contributed by atoms with Gasteiger partial charge in [0.1, 0.15) is 5.75 Å². The first-order chi connectivity index (χ1) is 8.20. The van der Waals surface area contributed by atoms with E-state index >= 15 is 0 Å². The van der Waals surface area contributed by atoms with Crippen molar-refractivity contribution in [2.24, 2.45) is 0 Å². The fraction of sp³-hybridized carbons (Fsp3) is 0. The van der Waals surface area contributed by atoms with Crippen LogP contribution < -0.4 is 4.74 Å². The molecule has 0 spiro atoms. The highest BCUT2D eigenvalue weighted by atomic mass is 35.5. The normalized spacial score (nSPS) is 9.71. The lowest BCUT2D eigenvalue weighted by atomic mass is 10.3. The highest BCUT2D eigenvalue weighted by Gasteiger charge is 2.15. The Morgan fingerprint density at radius 3 is 2.47 bits per heavy atom. The molecular formula is C12H7Cl2N2O+. The quantitative estimate of drug-likeness (QED) is 0.694. The Morgan fingerprint density at radius 2 is 1.76 bits per heavy atom. The van der Waals surface area contributed by atoms with Crippen molar-refractivity contribution in [2.75, 3.05) is 0 Å². The standard InChI is InChI=1S/C12H7Cl2N2O/c13-8-5-6-11(9(14)7-8)17-12-4-2-1-3-10(12)16-15/h1-7H/q+1. The van der Waals surface area contributed by atoms with Crippen molar-refractivity contribution in [1.29, 1.82) is 5.39 Å². The molecule has 0 radical (unpaired) electrons. The third-order valence-electron chi connectivity index (χ3n) is 2.09. The fourth-order valence-electron chi connectivity index (χ4n) is 1.30. The molecule has 0 unspecified atom stereocenters. The van der Waals surface area contributed by atoms with E-state index in [0.717, 1.165) is 0 Å². The summed E-state index contributed by atoms with van der Waals surface area (Å²) < 4.78 is 5.54. The third kappa shape index (κ3) is 2.68. The maximum Gasteiger partial charge on any atom is 0.426 e. The zero-order chi connectivity index (χ0) is 12.3. The molecule has 3 nitrogen and oxygen atoms in total. The van der Waals surface area contributed by atoms with Crippen LogP contribution in [0, 0.1) is 5.39 Å². The summed E-state index contributed by atoms with van der Waals surface area (Å²) in [5.41, 5.74) is 0.332. The van der Waals surface area contributed by atoms with Crippen LogP contribution >= 0.6 is 23.2 Å². The highest BCUT2D eigenvalue weighted by Crippen LogP contribution is 2.35. The molecule has 0 aromatic heterocycles. The SMILES string of the molecule is N#[N+]c1ccccc1Oc1ccc(Cl)cc1Cl. The molecule has 2 aromatic rings. The first kappa shape index (κ1) is 11.7. The van der Waals surface area contributed by atoms with Crippen molar-refractivity contribution in [2.45, 2.75) is 0 Å². The Bertz CT molecular complexity index is 593. The Balaban J connectivity index is 2.35. The molecule has 2 rings (SSSR count). The van der Waals surface area contributed by atoms with Gasteiger partial charge in [0.15, 0.2) is 4.98 Å². The molecule has 0 N–H and O–H groups in total. The van der Waals surface area contributed by atoms with Crippen LogP contribution in [0.5, 0.6) is 11.5 Å². The lowest BCUT2D eigenvalue weighted by Gasteiger charge is -2.05. The van der Waals surface area contributed by atoms with Gasteiger partial charge in [0.2, 0.25) is 11.1 Å². The summed E-state index contributed by atoms with van der Waals surface area (Å²) in [6.45, 7) is 0. The Labute approximate surface area is 108 Å². The number of hydrogen-bond acceptors (Lipinski definition) is 2. The van der Waals surface area contributed by atoms with Crippen LogP contribution in [0.4, 0.5) is 5.69 Å². The second-order valence-corrected chi connectivity index (χ2v) is 4.09. The predicted octanol–water partition coefficient (Wildman–Crippen LogP) is 5.27. The van der Waals surface area contributed by atoms with Gasteiger partial charge in [-0.3, -0.25) is 0 Å². The molecule has 0 fully saturated rings. The van der Waals surface area contributed by atoms with Gasteiger partial charge in [0.25, 0.3) is 0 Å². The summed E-state index contributed by atoms with van der Waals surface area (Å²) in [7, 11) is 0. The van der Waals surface area contributed by atoms with E-state index in [9.17, 15) is 0 Å². The Hall–Kier alpha value is -1.76. The van der Waals surface area contributed by atoms with Gasteiger partial charge in [-0.15, -0.1) is 0 Å². The molecule has 2 aromatic carbocycles. The molecule has 0 saturated carbocycles. The van der Waals surface area contributed by atoms with E-state index in [1.165, 1.54) is 0 Å². The maximum absolute atomic E-state index is 8.80. The molecule has 0 aliphatic heterocycles. The minimum absolute atomic E-state index is 0.332. The zero-order valence-corrected chi connectivity index (χ0v) is 10.1. The number of rotatable bonds is 2. The van der Waals surface area contributed by atoms with E-state index in [-0.39, 0.29) is 0 Å². The van der Waals surface area contributed by atoms with Crippen molar-refractivity contribution in [3.05, 3.63) is 57.5 Å². The molecule has 84 valence electrons. The van der Waals surface area contributed by atoms with Gasteiger partial charge >= 0.3 is 5.69 Å². The smallest absolute Gasteiger partial charge is 0.426 e. The molecule has 17 heavy (non-hydrogen) atoms. The highest BCUT2D eigenvalue weighted by molar-refractivity contribution is 6.35. The Morgan fingerprint density at radius 1 is 1.00 bits per heavy atom. The van der Waals surface area contributed by atoms with Gasteiger partial charge < -0.3 is 4.74 Å². The molecular weight excluding hydrogens is 259 g/mol. The van der Waals surface area contributed by atoms with Crippen LogP contribution in [0.15, 0.2) is 42.5 Å².